The van der Waals surface area contributed by atoms with E-state index in [9.17, 15) is 0 Å². The number of nitrogens with zero attached hydrogens (tertiary/aromatic N) is 1. The Kier molecular flexibility index (Phi) is 4.41. The highest BCUT2D eigenvalue weighted by Crippen LogP contribution is 2.30. The SMILES string of the molecule is CNC(CN(C)CC1CC1)c1cc(C)ccc1C. The molecule has 0 aliphatic heterocycles. The summed E-state index contributed by atoms with van der Waals surface area (Å²) >= 11 is 0. The Balaban J connectivity index is 2.03. The van der Waals surface area contributed by atoms with Gasteiger partial charge < -0.3 is 10.2 Å². The monoisotopic (exact) mass is 246 g/mol. The molecule has 0 aromatic heterocycles. The fourth-order valence-corrected chi connectivity index (χ4v) is 2.61. The van der Waals surface area contributed by atoms with Crippen molar-refractivity contribution in [2.75, 3.05) is 27.2 Å². The van der Waals surface area contributed by atoms with E-state index in [4.69, 9.17) is 0 Å². The maximum atomic E-state index is 3.47. The van der Waals surface area contributed by atoms with Crippen molar-refractivity contribution < 1.29 is 0 Å². The predicted octanol–water partition coefficient (Wildman–Crippen LogP) is 2.91. The van der Waals surface area contributed by atoms with Crippen LogP contribution in [0, 0.1) is 19.8 Å². The minimum absolute atomic E-state index is 0.439. The lowest BCUT2D eigenvalue weighted by atomic mass is 9.98. The fourth-order valence-electron chi connectivity index (χ4n) is 2.61. The van der Waals surface area contributed by atoms with E-state index < -0.39 is 0 Å². The Morgan fingerprint density at radius 1 is 1.33 bits per heavy atom. The van der Waals surface area contributed by atoms with Gasteiger partial charge in [0.15, 0.2) is 0 Å². The number of likely N-dealkylation sites (N-methyl/N-ethyl adjacent to an activating group) is 2. The molecular weight excluding hydrogens is 220 g/mol. The van der Waals surface area contributed by atoms with Gasteiger partial charge in [-0.1, -0.05) is 23.8 Å². The molecule has 1 fully saturated rings. The van der Waals surface area contributed by atoms with Crippen molar-refractivity contribution in [2.24, 2.45) is 5.92 Å². The Morgan fingerprint density at radius 3 is 2.67 bits per heavy atom. The van der Waals surface area contributed by atoms with E-state index in [0.29, 0.717) is 6.04 Å². The summed E-state index contributed by atoms with van der Waals surface area (Å²) in [7, 11) is 4.31. The first-order chi connectivity index (χ1) is 8.60. The predicted molar refractivity (Wildman–Crippen MR) is 77.9 cm³/mol. The van der Waals surface area contributed by atoms with Crippen LogP contribution in [0.3, 0.4) is 0 Å². The molecule has 1 aromatic rings. The molecule has 1 aromatic carbocycles. The largest absolute Gasteiger partial charge is 0.312 e. The molecule has 0 spiro atoms. The molecule has 0 bridgehead atoms. The highest BCUT2D eigenvalue weighted by Gasteiger charge is 2.24. The molecule has 1 atom stereocenters. The van der Waals surface area contributed by atoms with Crippen LogP contribution in [0.2, 0.25) is 0 Å². The maximum absolute atomic E-state index is 3.47. The standard InChI is InChI=1S/C16H26N2/c1-12-5-6-13(2)15(9-12)16(17-3)11-18(4)10-14-7-8-14/h5-6,9,14,16-17H,7-8,10-11H2,1-4H3. The molecule has 0 saturated heterocycles. The third-order valence-corrected chi connectivity index (χ3v) is 3.92. The first-order valence-corrected chi connectivity index (χ1v) is 7.03. The summed E-state index contributed by atoms with van der Waals surface area (Å²) in [6.07, 6.45) is 2.86. The molecule has 0 radical (unpaired) electrons. The lowest BCUT2D eigenvalue weighted by Crippen LogP contribution is -2.32. The summed E-state index contributed by atoms with van der Waals surface area (Å²) in [6, 6.07) is 7.19. The normalized spacial score (nSPS) is 17.2. The highest BCUT2D eigenvalue weighted by atomic mass is 15.1. The zero-order valence-corrected chi connectivity index (χ0v) is 12.2. The molecule has 2 nitrogen and oxygen atoms in total. The molecule has 100 valence electrons. The second kappa shape index (κ2) is 5.85. The van der Waals surface area contributed by atoms with E-state index in [-0.39, 0.29) is 0 Å². The van der Waals surface area contributed by atoms with Crippen LogP contribution in [0.4, 0.5) is 0 Å². The molecule has 1 aliphatic carbocycles. The fraction of sp³-hybridized carbons (Fsp3) is 0.625. The molecule has 1 saturated carbocycles. The van der Waals surface area contributed by atoms with Crippen molar-refractivity contribution in [1.82, 2.24) is 10.2 Å². The smallest absolute Gasteiger partial charge is 0.0449 e. The molecular formula is C16H26N2. The molecule has 0 heterocycles. The van der Waals surface area contributed by atoms with Gasteiger partial charge in [0.05, 0.1) is 0 Å². The van der Waals surface area contributed by atoms with E-state index in [1.807, 2.05) is 0 Å². The second-order valence-electron chi connectivity index (χ2n) is 5.87. The molecule has 1 N–H and O–H groups in total. The maximum Gasteiger partial charge on any atom is 0.0449 e. The van der Waals surface area contributed by atoms with Crippen LogP contribution in [0.5, 0.6) is 0 Å². The van der Waals surface area contributed by atoms with Gasteiger partial charge in [-0.3, -0.25) is 0 Å². The number of hydrogen-bond donors (Lipinski definition) is 1. The molecule has 18 heavy (non-hydrogen) atoms. The van der Waals surface area contributed by atoms with Gasteiger partial charge >= 0.3 is 0 Å². The summed E-state index contributed by atoms with van der Waals surface area (Å²) in [5.74, 6) is 0.964. The van der Waals surface area contributed by atoms with Crippen molar-refractivity contribution in [3.8, 4) is 0 Å². The van der Waals surface area contributed by atoms with Crippen LogP contribution in [-0.4, -0.2) is 32.1 Å². The van der Waals surface area contributed by atoms with Gasteiger partial charge in [-0.15, -0.1) is 0 Å². The summed E-state index contributed by atoms with van der Waals surface area (Å²) in [6.45, 7) is 6.73. The lowest BCUT2D eigenvalue weighted by Gasteiger charge is -2.25. The third-order valence-electron chi connectivity index (χ3n) is 3.92. The molecule has 2 heteroatoms. The van der Waals surface area contributed by atoms with Gasteiger partial charge in [0.1, 0.15) is 0 Å². The summed E-state index contributed by atoms with van der Waals surface area (Å²) < 4.78 is 0. The van der Waals surface area contributed by atoms with Crippen LogP contribution in [0.1, 0.15) is 35.6 Å². The number of nitrogens with one attached hydrogen (secondary N) is 1. The van der Waals surface area contributed by atoms with Crippen LogP contribution in [0.15, 0.2) is 18.2 Å². The Morgan fingerprint density at radius 2 is 2.06 bits per heavy atom. The van der Waals surface area contributed by atoms with Crippen molar-refractivity contribution >= 4 is 0 Å². The topological polar surface area (TPSA) is 15.3 Å². The average molecular weight is 246 g/mol. The summed E-state index contributed by atoms with van der Waals surface area (Å²) in [5.41, 5.74) is 4.18. The first-order valence-electron chi connectivity index (χ1n) is 7.03. The summed E-state index contributed by atoms with van der Waals surface area (Å²) in [4.78, 5) is 2.47. The number of benzene rings is 1. The highest BCUT2D eigenvalue weighted by molar-refractivity contribution is 5.33. The Labute approximate surface area is 111 Å². The zero-order valence-electron chi connectivity index (χ0n) is 12.2. The van der Waals surface area contributed by atoms with Crippen LogP contribution in [0.25, 0.3) is 0 Å². The van der Waals surface area contributed by atoms with Gasteiger partial charge in [-0.25, -0.2) is 0 Å². The molecule has 1 aliphatic rings. The van der Waals surface area contributed by atoms with Crippen molar-refractivity contribution in [3.05, 3.63) is 34.9 Å². The van der Waals surface area contributed by atoms with Crippen molar-refractivity contribution in [2.45, 2.75) is 32.7 Å². The Hall–Kier alpha value is -0.860. The zero-order chi connectivity index (χ0) is 13.1. The van der Waals surface area contributed by atoms with E-state index in [0.717, 1.165) is 12.5 Å². The van der Waals surface area contributed by atoms with Gasteiger partial charge in [0, 0.05) is 19.1 Å². The van der Waals surface area contributed by atoms with Crippen LogP contribution < -0.4 is 5.32 Å². The number of aryl methyl sites for hydroxylation is 2. The molecule has 0 amide bonds. The average Bonchev–Trinajstić information content (AvgIpc) is 3.13. The van der Waals surface area contributed by atoms with Crippen LogP contribution >= 0.6 is 0 Å². The van der Waals surface area contributed by atoms with Gasteiger partial charge in [0.25, 0.3) is 0 Å². The summed E-state index contributed by atoms with van der Waals surface area (Å²) in [5, 5.41) is 3.47. The van der Waals surface area contributed by atoms with E-state index in [2.05, 4.69) is 56.4 Å². The second-order valence-corrected chi connectivity index (χ2v) is 5.87. The van der Waals surface area contributed by atoms with Crippen molar-refractivity contribution in [1.29, 1.82) is 0 Å². The van der Waals surface area contributed by atoms with Crippen molar-refractivity contribution in [3.63, 3.8) is 0 Å². The third kappa shape index (κ3) is 3.56. The van der Waals surface area contributed by atoms with Gasteiger partial charge in [-0.05, 0) is 57.8 Å². The number of rotatable bonds is 6. The Bertz CT molecular complexity index is 396. The van der Waals surface area contributed by atoms with E-state index in [1.54, 1.807) is 0 Å². The van der Waals surface area contributed by atoms with Crippen LogP contribution in [-0.2, 0) is 0 Å². The minimum atomic E-state index is 0.439. The molecule has 2 rings (SSSR count). The number of hydrogen-bond acceptors (Lipinski definition) is 2. The van der Waals surface area contributed by atoms with E-state index >= 15 is 0 Å². The molecule has 1 unspecified atom stereocenters. The first kappa shape index (κ1) is 13.6. The lowest BCUT2D eigenvalue weighted by molar-refractivity contribution is 0.286. The van der Waals surface area contributed by atoms with Gasteiger partial charge in [-0.2, -0.15) is 0 Å². The quantitative estimate of drug-likeness (QED) is 0.830. The minimum Gasteiger partial charge on any atom is -0.312 e. The van der Waals surface area contributed by atoms with E-state index in [1.165, 1.54) is 36.1 Å². The van der Waals surface area contributed by atoms with Gasteiger partial charge in [0.2, 0.25) is 0 Å².